The van der Waals surface area contributed by atoms with Gasteiger partial charge in [-0.15, -0.1) is 0 Å². The maximum absolute atomic E-state index is 10.9. The molecule has 1 N–H and O–H groups in total. The summed E-state index contributed by atoms with van der Waals surface area (Å²) in [5, 5.41) is 9.40. The number of rotatable bonds is 0. The maximum Gasteiger partial charge on any atom is 0.337 e. The number of carbonyl (C=O) groups excluding carboxylic acids is 1. The zero-order valence-corrected chi connectivity index (χ0v) is 7.52. The molecule has 0 bridgehead atoms. The van der Waals surface area contributed by atoms with Gasteiger partial charge in [0.15, 0.2) is 11.9 Å². The van der Waals surface area contributed by atoms with Gasteiger partial charge in [0.05, 0.1) is 0 Å². The van der Waals surface area contributed by atoms with E-state index < -0.39 is 24.0 Å². The Morgan fingerprint density at radius 2 is 2.15 bits per heavy atom. The molecule has 0 aromatic heterocycles. The molecule has 2 saturated heterocycles. The Morgan fingerprint density at radius 3 is 2.85 bits per heavy atom. The number of aliphatic hydroxyl groups is 1. The van der Waals surface area contributed by atoms with Crippen molar-refractivity contribution in [3.05, 3.63) is 0 Å². The van der Waals surface area contributed by atoms with Gasteiger partial charge in [0, 0.05) is 0 Å². The summed E-state index contributed by atoms with van der Waals surface area (Å²) in [5.74, 6) is -1.38. The molecule has 0 radical (unpaired) electrons. The summed E-state index contributed by atoms with van der Waals surface area (Å²) in [4.78, 5) is 10.9. The molecule has 3 atom stereocenters. The van der Waals surface area contributed by atoms with Crippen LogP contribution in [0.4, 0.5) is 0 Å². The number of aliphatic hydroxyl groups excluding tert-OH is 1. The van der Waals surface area contributed by atoms with Crippen molar-refractivity contribution >= 4 is 5.97 Å². The molecule has 5 nitrogen and oxygen atoms in total. The molecular formula is C8H12O5. The lowest BCUT2D eigenvalue weighted by molar-refractivity contribution is -0.174. The monoisotopic (exact) mass is 188 g/mol. The van der Waals surface area contributed by atoms with Crippen LogP contribution >= 0.6 is 0 Å². The van der Waals surface area contributed by atoms with Crippen LogP contribution in [0.1, 0.15) is 13.8 Å². The predicted octanol–water partition coefficient (Wildman–Crippen LogP) is -0.576. The molecule has 13 heavy (non-hydrogen) atoms. The quantitative estimate of drug-likeness (QED) is 0.515. The lowest BCUT2D eigenvalue weighted by Crippen LogP contribution is -2.48. The van der Waals surface area contributed by atoms with Crippen molar-refractivity contribution in [3.8, 4) is 0 Å². The van der Waals surface area contributed by atoms with Gasteiger partial charge in [0.25, 0.3) is 0 Å². The SMILES string of the molecule is CC1(C)OC2COC(=O)C(O)C2O1. The van der Waals surface area contributed by atoms with Crippen LogP contribution in [0.5, 0.6) is 0 Å². The second-order valence-corrected chi connectivity index (χ2v) is 3.71. The van der Waals surface area contributed by atoms with Gasteiger partial charge >= 0.3 is 5.97 Å². The summed E-state index contributed by atoms with van der Waals surface area (Å²) < 4.78 is 15.5. The number of fused-ring (bicyclic) bond motifs is 1. The summed E-state index contributed by atoms with van der Waals surface area (Å²) >= 11 is 0. The summed E-state index contributed by atoms with van der Waals surface area (Å²) in [5.41, 5.74) is 0. The van der Waals surface area contributed by atoms with E-state index in [0.717, 1.165) is 0 Å². The van der Waals surface area contributed by atoms with Gasteiger partial charge in [0.1, 0.15) is 18.8 Å². The highest BCUT2D eigenvalue weighted by molar-refractivity contribution is 5.76. The first-order valence-corrected chi connectivity index (χ1v) is 4.20. The van der Waals surface area contributed by atoms with E-state index in [1.54, 1.807) is 13.8 Å². The van der Waals surface area contributed by atoms with E-state index in [1.807, 2.05) is 0 Å². The average molecular weight is 188 g/mol. The molecule has 74 valence electrons. The number of carbonyl (C=O) groups is 1. The zero-order chi connectivity index (χ0) is 9.64. The second kappa shape index (κ2) is 2.67. The molecular weight excluding hydrogens is 176 g/mol. The van der Waals surface area contributed by atoms with Gasteiger partial charge in [0.2, 0.25) is 0 Å². The molecule has 0 aromatic rings. The number of hydrogen-bond acceptors (Lipinski definition) is 5. The largest absolute Gasteiger partial charge is 0.461 e. The molecule has 0 amide bonds. The molecule has 2 fully saturated rings. The van der Waals surface area contributed by atoms with E-state index in [2.05, 4.69) is 0 Å². The standard InChI is InChI=1S/C8H12O5/c1-8(2)12-4-3-11-7(10)5(9)6(4)13-8/h4-6,9H,3H2,1-2H3. The molecule has 0 saturated carbocycles. The van der Waals surface area contributed by atoms with Crippen molar-refractivity contribution in [3.63, 3.8) is 0 Å². The van der Waals surface area contributed by atoms with E-state index in [1.165, 1.54) is 0 Å². The molecule has 2 aliphatic rings. The van der Waals surface area contributed by atoms with Gasteiger partial charge < -0.3 is 19.3 Å². The average Bonchev–Trinajstić information content (AvgIpc) is 2.34. The Kier molecular flexibility index (Phi) is 1.83. The van der Waals surface area contributed by atoms with Crippen molar-refractivity contribution in [2.75, 3.05) is 6.61 Å². The Morgan fingerprint density at radius 1 is 1.46 bits per heavy atom. The van der Waals surface area contributed by atoms with E-state index in [0.29, 0.717) is 0 Å². The van der Waals surface area contributed by atoms with E-state index in [9.17, 15) is 9.90 Å². The smallest absolute Gasteiger partial charge is 0.337 e. The highest BCUT2D eigenvalue weighted by Gasteiger charge is 2.50. The zero-order valence-electron chi connectivity index (χ0n) is 7.52. The van der Waals surface area contributed by atoms with E-state index >= 15 is 0 Å². The first-order chi connectivity index (χ1) is 5.99. The van der Waals surface area contributed by atoms with Crippen LogP contribution in [0.25, 0.3) is 0 Å². The van der Waals surface area contributed by atoms with Crippen LogP contribution in [-0.4, -0.2) is 41.8 Å². The molecule has 0 aromatic carbocycles. The van der Waals surface area contributed by atoms with E-state index in [4.69, 9.17) is 14.2 Å². The van der Waals surface area contributed by atoms with Crippen LogP contribution in [0.15, 0.2) is 0 Å². The topological polar surface area (TPSA) is 65.0 Å². The number of ether oxygens (including phenoxy) is 3. The molecule has 0 spiro atoms. The highest BCUT2D eigenvalue weighted by Crippen LogP contribution is 2.32. The minimum Gasteiger partial charge on any atom is -0.461 e. The Hall–Kier alpha value is -0.650. The minimum absolute atomic E-state index is 0.157. The lowest BCUT2D eigenvalue weighted by atomic mass is 10.1. The molecule has 3 unspecified atom stereocenters. The fourth-order valence-corrected chi connectivity index (χ4v) is 1.64. The fraction of sp³-hybridized carbons (Fsp3) is 0.875. The third kappa shape index (κ3) is 1.43. The predicted molar refractivity (Wildman–Crippen MR) is 40.8 cm³/mol. The summed E-state index contributed by atoms with van der Waals surface area (Å²) in [7, 11) is 0. The summed E-state index contributed by atoms with van der Waals surface area (Å²) in [6.07, 6.45) is -2.15. The lowest BCUT2D eigenvalue weighted by Gasteiger charge is -2.25. The summed E-state index contributed by atoms with van der Waals surface area (Å²) in [6.45, 7) is 3.63. The van der Waals surface area contributed by atoms with Crippen LogP contribution < -0.4 is 0 Å². The minimum atomic E-state index is -1.22. The maximum atomic E-state index is 10.9. The highest BCUT2D eigenvalue weighted by atomic mass is 16.8. The van der Waals surface area contributed by atoms with Crippen molar-refractivity contribution in [2.45, 2.75) is 37.9 Å². The third-order valence-corrected chi connectivity index (χ3v) is 2.16. The van der Waals surface area contributed by atoms with E-state index in [-0.39, 0.29) is 12.7 Å². The Bertz CT molecular complexity index is 237. The molecule has 0 aliphatic carbocycles. The van der Waals surface area contributed by atoms with Gasteiger partial charge in [-0.2, -0.15) is 0 Å². The van der Waals surface area contributed by atoms with Crippen molar-refractivity contribution in [2.24, 2.45) is 0 Å². The first kappa shape index (κ1) is 8.93. The number of cyclic esters (lactones) is 1. The van der Waals surface area contributed by atoms with Gasteiger partial charge in [-0.05, 0) is 13.8 Å². The second-order valence-electron chi connectivity index (χ2n) is 3.71. The number of esters is 1. The molecule has 5 heteroatoms. The fourth-order valence-electron chi connectivity index (χ4n) is 1.64. The van der Waals surface area contributed by atoms with Crippen molar-refractivity contribution < 1.29 is 24.1 Å². The van der Waals surface area contributed by atoms with Crippen LogP contribution in [-0.2, 0) is 19.0 Å². The normalized spacial score (nSPS) is 42.7. The van der Waals surface area contributed by atoms with Crippen molar-refractivity contribution in [1.29, 1.82) is 0 Å². The number of hydrogen-bond donors (Lipinski definition) is 1. The van der Waals surface area contributed by atoms with Gasteiger partial charge in [-0.1, -0.05) is 0 Å². The van der Waals surface area contributed by atoms with Crippen LogP contribution in [0.3, 0.4) is 0 Å². The van der Waals surface area contributed by atoms with Gasteiger partial charge in [-0.3, -0.25) is 0 Å². The summed E-state index contributed by atoms with van der Waals surface area (Å²) in [6, 6.07) is 0. The van der Waals surface area contributed by atoms with Crippen LogP contribution in [0, 0.1) is 0 Å². The molecule has 2 aliphatic heterocycles. The van der Waals surface area contributed by atoms with Crippen molar-refractivity contribution in [1.82, 2.24) is 0 Å². The third-order valence-electron chi connectivity index (χ3n) is 2.16. The molecule has 2 rings (SSSR count). The Labute approximate surface area is 75.6 Å². The molecule has 2 heterocycles. The van der Waals surface area contributed by atoms with Crippen LogP contribution in [0.2, 0.25) is 0 Å². The Balaban J connectivity index is 2.15. The van der Waals surface area contributed by atoms with Gasteiger partial charge in [-0.25, -0.2) is 4.79 Å². The first-order valence-electron chi connectivity index (χ1n) is 4.20.